The number of carbonyl (C=O) groups excluding carboxylic acids is 1. The number of benzene rings is 1. The van der Waals surface area contributed by atoms with Gasteiger partial charge in [0.1, 0.15) is 17.5 Å². The van der Waals surface area contributed by atoms with Gasteiger partial charge in [-0.25, -0.2) is 9.97 Å². The van der Waals surface area contributed by atoms with E-state index in [9.17, 15) is 4.79 Å². The highest BCUT2D eigenvalue weighted by Crippen LogP contribution is 2.25. The standard InChI is InChI=1S/C21H26Cl2N6O/c1-15-24-19(27-7-5-26(2)6-8-27)14-20(25-15)28-9-11-29(12-10-28)21(30)17-4-3-16(22)13-18(17)23/h3-4,13-14H,5-12H2,1-2H3. The normalized spacial score (nSPS) is 18.1. The zero-order valence-corrected chi connectivity index (χ0v) is 18.8. The molecule has 3 heterocycles. The lowest BCUT2D eigenvalue weighted by Gasteiger charge is -2.37. The molecule has 0 bridgehead atoms. The number of carbonyl (C=O) groups is 1. The average Bonchev–Trinajstić information content (AvgIpc) is 2.73. The van der Waals surface area contributed by atoms with Gasteiger partial charge in [0.2, 0.25) is 0 Å². The Morgan fingerprint density at radius 1 is 0.867 bits per heavy atom. The molecule has 2 aliphatic rings. The molecule has 7 nitrogen and oxygen atoms in total. The molecule has 2 saturated heterocycles. The summed E-state index contributed by atoms with van der Waals surface area (Å²) in [4.78, 5) is 30.9. The quantitative estimate of drug-likeness (QED) is 0.719. The molecular weight excluding hydrogens is 423 g/mol. The fraction of sp³-hybridized carbons (Fsp3) is 0.476. The Balaban J connectivity index is 1.43. The lowest BCUT2D eigenvalue weighted by molar-refractivity contribution is 0.0746. The summed E-state index contributed by atoms with van der Waals surface area (Å²) in [5.41, 5.74) is 0.491. The predicted octanol–water partition coefficient (Wildman–Crippen LogP) is 2.81. The maximum absolute atomic E-state index is 12.9. The van der Waals surface area contributed by atoms with Crippen molar-refractivity contribution in [3.63, 3.8) is 0 Å². The third-order valence-electron chi connectivity index (χ3n) is 5.69. The lowest BCUT2D eigenvalue weighted by atomic mass is 10.1. The molecule has 1 aromatic carbocycles. The van der Waals surface area contributed by atoms with Crippen LogP contribution in [-0.2, 0) is 0 Å². The molecule has 2 fully saturated rings. The Morgan fingerprint density at radius 2 is 1.43 bits per heavy atom. The summed E-state index contributed by atoms with van der Waals surface area (Å²) in [6.07, 6.45) is 0. The molecule has 4 rings (SSSR count). The van der Waals surface area contributed by atoms with Crippen LogP contribution in [0.15, 0.2) is 24.3 Å². The number of anilines is 2. The minimum Gasteiger partial charge on any atom is -0.354 e. The summed E-state index contributed by atoms with van der Waals surface area (Å²) in [5, 5.41) is 0.912. The molecule has 0 aliphatic carbocycles. The second-order valence-corrected chi connectivity index (χ2v) is 8.67. The maximum atomic E-state index is 12.9. The van der Waals surface area contributed by atoms with E-state index < -0.39 is 0 Å². The molecule has 0 unspecified atom stereocenters. The maximum Gasteiger partial charge on any atom is 0.255 e. The second kappa shape index (κ2) is 8.96. The minimum atomic E-state index is -0.0617. The Kier molecular flexibility index (Phi) is 6.32. The van der Waals surface area contributed by atoms with Crippen molar-refractivity contribution in [3.05, 3.63) is 45.7 Å². The van der Waals surface area contributed by atoms with Gasteiger partial charge in [-0.1, -0.05) is 23.2 Å². The molecule has 0 saturated carbocycles. The fourth-order valence-corrected chi connectivity index (χ4v) is 4.36. The first-order chi connectivity index (χ1) is 14.4. The van der Waals surface area contributed by atoms with E-state index in [0.29, 0.717) is 28.7 Å². The topological polar surface area (TPSA) is 55.8 Å². The van der Waals surface area contributed by atoms with Gasteiger partial charge < -0.3 is 19.6 Å². The van der Waals surface area contributed by atoms with E-state index in [0.717, 1.165) is 56.7 Å². The average molecular weight is 449 g/mol. The first-order valence-corrected chi connectivity index (χ1v) is 10.9. The van der Waals surface area contributed by atoms with Crippen LogP contribution in [-0.4, -0.2) is 85.1 Å². The van der Waals surface area contributed by atoms with Crippen molar-refractivity contribution in [1.82, 2.24) is 19.8 Å². The zero-order chi connectivity index (χ0) is 21.3. The minimum absolute atomic E-state index is 0.0617. The number of piperazine rings is 2. The number of likely N-dealkylation sites (N-methyl/N-ethyl adjacent to an activating group) is 1. The molecule has 1 amide bonds. The van der Waals surface area contributed by atoms with E-state index in [2.05, 4.69) is 37.8 Å². The van der Waals surface area contributed by atoms with E-state index in [1.807, 2.05) is 11.8 Å². The van der Waals surface area contributed by atoms with Crippen molar-refractivity contribution < 1.29 is 4.79 Å². The van der Waals surface area contributed by atoms with Gasteiger partial charge in [-0.2, -0.15) is 0 Å². The Bertz CT molecular complexity index is 924. The summed E-state index contributed by atoms with van der Waals surface area (Å²) in [6, 6.07) is 7.07. The van der Waals surface area contributed by atoms with E-state index in [1.165, 1.54) is 0 Å². The van der Waals surface area contributed by atoms with E-state index >= 15 is 0 Å². The lowest BCUT2D eigenvalue weighted by Crippen LogP contribution is -2.49. The highest BCUT2D eigenvalue weighted by Gasteiger charge is 2.25. The molecule has 2 aromatic rings. The molecule has 1 aromatic heterocycles. The predicted molar refractivity (Wildman–Crippen MR) is 121 cm³/mol. The number of aromatic nitrogens is 2. The highest BCUT2D eigenvalue weighted by atomic mass is 35.5. The molecule has 0 atom stereocenters. The molecule has 30 heavy (non-hydrogen) atoms. The summed E-state index contributed by atoms with van der Waals surface area (Å²) in [5.74, 6) is 2.62. The Hall–Kier alpha value is -2.09. The number of aryl methyl sites for hydroxylation is 1. The summed E-state index contributed by atoms with van der Waals surface area (Å²) < 4.78 is 0. The third-order valence-corrected chi connectivity index (χ3v) is 6.24. The van der Waals surface area contributed by atoms with Crippen LogP contribution in [0.25, 0.3) is 0 Å². The number of halogens is 2. The van der Waals surface area contributed by atoms with Gasteiger partial charge in [0.05, 0.1) is 10.6 Å². The van der Waals surface area contributed by atoms with Crippen molar-refractivity contribution in [2.45, 2.75) is 6.92 Å². The number of rotatable bonds is 3. The van der Waals surface area contributed by atoms with E-state index in [1.54, 1.807) is 18.2 Å². The van der Waals surface area contributed by atoms with Gasteiger partial charge in [-0.15, -0.1) is 0 Å². The van der Waals surface area contributed by atoms with Crippen molar-refractivity contribution in [3.8, 4) is 0 Å². The second-order valence-electron chi connectivity index (χ2n) is 7.83. The van der Waals surface area contributed by atoms with Gasteiger partial charge in [0.25, 0.3) is 5.91 Å². The van der Waals surface area contributed by atoms with Crippen molar-refractivity contribution >= 4 is 40.7 Å². The van der Waals surface area contributed by atoms with Crippen LogP contribution in [0.4, 0.5) is 11.6 Å². The molecule has 2 aliphatic heterocycles. The molecule has 160 valence electrons. The fourth-order valence-electron chi connectivity index (χ4n) is 3.87. The monoisotopic (exact) mass is 448 g/mol. The summed E-state index contributed by atoms with van der Waals surface area (Å²) >= 11 is 12.2. The van der Waals surface area contributed by atoms with Crippen molar-refractivity contribution in [1.29, 1.82) is 0 Å². The number of hydrogen-bond acceptors (Lipinski definition) is 6. The Morgan fingerprint density at radius 3 is 2.00 bits per heavy atom. The molecular formula is C21H26Cl2N6O. The number of amides is 1. The van der Waals surface area contributed by atoms with Crippen LogP contribution >= 0.6 is 23.2 Å². The van der Waals surface area contributed by atoms with Crippen LogP contribution < -0.4 is 9.80 Å². The molecule has 0 N–H and O–H groups in total. The first-order valence-electron chi connectivity index (χ1n) is 10.2. The van der Waals surface area contributed by atoms with Crippen LogP contribution in [0.5, 0.6) is 0 Å². The van der Waals surface area contributed by atoms with Gasteiger partial charge in [-0.05, 0) is 32.2 Å². The van der Waals surface area contributed by atoms with E-state index in [4.69, 9.17) is 23.2 Å². The number of hydrogen-bond donors (Lipinski definition) is 0. The summed E-state index contributed by atoms with van der Waals surface area (Å²) in [6.45, 7) is 8.61. The zero-order valence-electron chi connectivity index (χ0n) is 17.3. The molecule has 0 radical (unpaired) electrons. The summed E-state index contributed by atoms with van der Waals surface area (Å²) in [7, 11) is 2.14. The smallest absolute Gasteiger partial charge is 0.255 e. The highest BCUT2D eigenvalue weighted by molar-refractivity contribution is 6.36. The third kappa shape index (κ3) is 4.63. The van der Waals surface area contributed by atoms with Gasteiger partial charge in [-0.3, -0.25) is 4.79 Å². The SMILES string of the molecule is Cc1nc(N2CCN(C)CC2)cc(N2CCN(C(=O)c3ccc(Cl)cc3Cl)CC2)n1. The molecule has 9 heteroatoms. The van der Waals surface area contributed by atoms with Crippen molar-refractivity contribution in [2.75, 3.05) is 69.2 Å². The van der Waals surface area contributed by atoms with Gasteiger partial charge in [0, 0.05) is 63.4 Å². The van der Waals surface area contributed by atoms with E-state index in [-0.39, 0.29) is 5.91 Å². The van der Waals surface area contributed by atoms with Gasteiger partial charge in [0.15, 0.2) is 0 Å². The van der Waals surface area contributed by atoms with Crippen LogP contribution in [0.1, 0.15) is 16.2 Å². The van der Waals surface area contributed by atoms with Crippen LogP contribution in [0.3, 0.4) is 0 Å². The van der Waals surface area contributed by atoms with Crippen LogP contribution in [0, 0.1) is 6.92 Å². The van der Waals surface area contributed by atoms with Gasteiger partial charge >= 0.3 is 0 Å². The van der Waals surface area contributed by atoms with Crippen molar-refractivity contribution in [2.24, 2.45) is 0 Å². The Labute approximate surface area is 187 Å². The molecule has 0 spiro atoms. The largest absolute Gasteiger partial charge is 0.354 e. The first kappa shape index (κ1) is 21.2. The number of nitrogens with zero attached hydrogens (tertiary/aromatic N) is 6. The van der Waals surface area contributed by atoms with Crippen LogP contribution in [0.2, 0.25) is 10.0 Å².